The number of carbonyl (C=O) groups excluding carboxylic acids is 1. The fourth-order valence-corrected chi connectivity index (χ4v) is 3.68. The van der Waals surface area contributed by atoms with Gasteiger partial charge in [0.25, 0.3) is 0 Å². The Morgan fingerprint density at radius 3 is 2.25 bits per heavy atom. The van der Waals surface area contributed by atoms with Gasteiger partial charge in [-0.2, -0.15) is 0 Å². The molecule has 0 aliphatic heterocycles. The van der Waals surface area contributed by atoms with E-state index in [-0.39, 0.29) is 12.5 Å². The molecule has 0 aliphatic carbocycles. The molecule has 0 radical (unpaired) electrons. The maximum Gasteiger partial charge on any atom is 0.240 e. The summed E-state index contributed by atoms with van der Waals surface area (Å²) in [5, 5.41) is 2.77. The fourth-order valence-electron chi connectivity index (χ4n) is 2.82. The smallest absolute Gasteiger partial charge is 0.240 e. The number of para-hydroxylation sites is 3. The topological polar surface area (TPSA) is 84.9 Å². The van der Waals surface area contributed by atoms with Crippen LogP contribution in [0.25, 0.3) is 0 Å². The number of hydrogen-bond acceptors (Lipinski definition) is 5. The molecule has 1 N–H and O–H groups in total. The molecule has 7 nitrogen and oxygen atoms in total. The summed E-state index contributed by atoms with van der Waals surface area (Å²) < 4.78 is 36.0. The average Bonchev–Trinajstić information content (AvgIpc) is 2.68. The van der Waals surface area contributed by atoms with Crippen molar-refractivity contribution >= 4 is 21.6 Å². The molecule has 2 rings (SSSR count). The van der Waals surface area contributed by atoms with Crippen LogP contribution in [0, 0.1) is 0 Å². The summed E-state index contributed by atoms with van der Waals surface area (Å²) in [7, 11) is -0.573. The van der Waals surface area contributed by atoms with Crippen LogP contribution in [0.5, 0.6) is 11.5 Å². The average molecular weight is 407 g/mol. The molecule has 0 saturated heterocycles. The maximum atomic E-state index is 12.3. The first-order chi connectivity index (χ1) is 13.4. The molecule has 8 heteroatoms. The first-order valence-electron chi connectivity index (χ1n) is 8.86. The Balaban J connectivity index is 1.95. The summed E-state index contributed by atoms with van der Waals surface area (Å²) in [5.41, 5.74) is 1.39. The molecule has 0 heterocycles. The Morgan fingerprint density at radius 2 is 1.61 bits per heavy atom. The van der Waals surface area contributed by atoms with Gasteiger partial charge in [0.15, 0.2) is 0 Å². The highest BCUT2D eigenvalue weighted by atomic mass is 32.2. The molecule has 2 aromatic carbocycles. The summed E-state index contributed by atoms with van der Waals surface area (Å²) in [5.74, 6) is 0.821. The van der Waals surface area contributed by atoms with E-state index < -0.39 is 10.0 Å². The van der Waals surface area contributed by atoms with E-state index in [1.165, 1.54) is 7.11 Å². The highest BCUT2D eigenvalue weighted by molar-refractivity contribution is 7.92. The SMILES string of the molecule is COc1ccccc1CCCNC(=O)CN(c1ccccc1OC)S(C)(=O)=O. The Morgan fingerprint density at radius 1 is 1.00 bits per heavy atom. The molecular formula is C20H26N2O5S. The van der Waals surface area contributed by atoms with Crippen molar-refractivity contribution in [1.29, 1.82) is 0 Å². The molecule has 0 saturated carbocycles. The predicted octanol–water partition coefficient (Wildman–Crippen LogP) is 2.22. The van der Waals surface area contributed by atoms with E-state index in [1.54, 1.807) is 31.4 Å². The van der Waals surface area contributed by atoms with E-state index in [0.717, 1.165) is 28.3 Å². The number of hydrogen-bond donors (Lipinski definition) is 1. The minimum Gasteiger partial charge on any atom is -0.496 e. The molecule has 0 aliphatic rings. The van der Waals surface area contributed by atoms with E-state index in [1.807, 2.05) is 24.3 Å². The number of amides is 1. The van der Waals surface area contributed by atoms with E-state index in [2.05, 4.69) is 5.32 Å². The number of carbonyl (C=O) groups is 1. The van der Waals surface area contributed by atoms with Crippen LogP contribution in [0.3, 0.4) is 0 Å². The Hall–Kier alpha value is -2.74. The molecule has 0 fully saturated rings. The standard InChI is InChI=1S/C20H26N2O5S/c1-26-18-12-6-4-9-16(18)10-8-14-21-20(23)15-22(28(3,24)25)17-11-5-7-13-19(17)27-2/h4-7,9,11-13H,8,10,14-15H2,1-3H3,(H,21,23). The summed E-state index contributed by atoms with van der Waals surface area (Å²) in [6.45, 7) is 0.119. The highest BCUT2D eigenvalue weighted by Crippen LogP contribution is 2.29. The van der Waals surface area contributed by atoms with Gasteiger partial charge in [-0.3, -0.25) is 9.10 Å². The zero-order chi connectivity index (χ0) is 20.6. The van der Waals surface area contributed by atoms with Gasteiger partial charge in [-0.15, -0.1) is 0 Å². The summed E-state index contributed by atoms with van der Waals surface area (Å²) in [6, 6.07) is 14.4. The summed E-state index contributed by atoms with van der Waals surface area (Å²) in [4.78, 5) is 12.3. The van der Waals surface area contributed by atoms with Crippen molar-refractivity contribution < 1.29 is 22.7 Å². The van der Waals surface area contributed by atoms with Gasteiger partial charge < -0.3 is 14.8 Å². The van der Waals surface area contributed by atoms with Crippen molar-refractivity contribution in [3.63, 3.8) is 0 Å². The number of rotatable bonds is 10. The highest BCUT2D eigenvalue weighted by Gasteiger charge is 2.23. The second-order valence-corrected chi connectivity index (χ2v) is 8.11. The van der Waals surface area contributed by atoms with Gasteiger partial charge in [0.05, 0.1) is 26.2 Å². The van der Waals surface area contributed by atoms with E-state index >= 15 is 0 Å². The normalized spacial score (nSPS) is 11.0. The predicted molar refractivity (Wildman–Crippen MR) is 110 cm³/mol. The van der Waals surface area contributed by atoms with Crippen LogP contribution in [0.2, 0.25) is 0 Å². The summed E-state index contributed by atoms with van der Waals surface area (Å²) >= 11 is 0. The lowest BCUT2D eigenvalue weighted by Gasteiger charge is -2.23. The number of benzene rings is 2. The number of sulfonamides is 1. The largest absolute Gasteiger partial charge is 0.496 e. The third kappa shape index (κ3) is 5.88. The van der Waals surface area contributed by atoms with E-state index in [4.69, 9.17) is 9.47 Å². The molecule has 0 unspecified atom stereocenters. The molecule has 0 atom stereocenters. The van der Waals surface area contributed by atoms with Gasteiger partial charge in [0, 0.05) is 6.54 Å². The first kappa shape index (κ1) is 21.6. The summed E-state index contributed by atoms with van der Waals surface area (Å²) in [6.07, 6.45) is 2.51. The minimum absolute atomic E-state index is 0.312. The number of nitrogens with zero attached hydrogens (tertiary/aromatic N) is 1. The van der Waals surface area contributed by atoms with Crippen LogP contribution in [0.4, 0.5) is 5.69 Å². The lowest BCUT2D eigenvalue weighted by molar-refractivity contribution is -0.119. The van der Waals surface area contributed by atoms with E-state index in [0.29, 0.717) is 24.4 Å². The van der Waals surface area contributed by atoms with Crippen LogP contribution < -0.4 is 19.1 Å². The Labute approximate surface area is 166 Å². The monoisotopic (exact) mass is 406 g/mol. The van der Waals surface area contributed by atoms with Crippen molar-refractivity contribution in [3.8, 4) is 11.5 Å². The molecular weight excluding hydrogens is 380 g/mol. The maximum absolute atomic E-state index is 12.3. The van der Waals surface area contributed by atoms with Crippen LogP contribution >= 0.6 is 0 Å². The second-order valence-electron chi connectivity index (χ2n) is 6.21. The van der Waals surface area contributed by atoms with Crippen molar-refractivity contribution in [2.75, 3.05) is 37.9 Å². The Bertz CT molecular complexity index is 899. The van der Waals surface area contributed by atoms with Gasteiger partial charge >= 0.3 is 0 Å². The molecule has 0 bridgehead atoms. The molecule has 0 aromatic heterocycles. The first-order valence-corrected chi connectivity index (χ1v) is 10.7. The quantitative estimate of drug-likeness (QED) is 0.612. The lowest BCUT2D eigenvalue weighted by atomic mass is 10.1. The molecule has 152 valence electrons. The van der Waals surface area contributed by atoms with Gasteiger partial charge in [0.1, 0.15) is 18.0 Å². The van der Waals surface area contributed by atoms with Crippen LogP contribution in [-0.4, -0.2) is 47.9 Å². The third-order valence-electron chi connectivity index (χ3n) is 4.18. The number of aryl methyl sites for hydroxylation is 1. The second kappa shape index (κ2) is 9.98. The molecule has 2 aromatic rings. The molecule has 1 amide bonds. The number of nitrogens with one attached hydrogen (secondary N) is 1. The van der Waals surface area contributed by atoms with Gasteiger partial charge in [-0.1, -0.05) is 30.3 Å². The third-order valence-corrected chi connectivity index (χ3v) is 5.31. The van der Waals surface area contributed by atoms with Crippen molar-refractivity contribution in [1.82, 2.24) is 5.32 Å². The van der Waals surface area contributed by atoms with Crippen LogP contribution in [-0.2, 0) is 21.2 Å². The van der Waals surface area contributed by atoms with Crippen molar-refractivity contribution in [2.24, 2.45) is 0 Å². The fraction of sp³-hybridized carbons (Fsp3) is 0.350. The van der Waals surface area contributed by atoms with Gasteiger partial charge in [0.2, 0.25) is 15.9 Å². The molecule has 28 heavy (non-hydrogen) atoms. The van der Waals surface area contributed by atoms with Gasteiger partial charge in [-0.05, 0) is 36.6 Å². The van der Waals surface area contributed by atoms with Crippen molar-refractivity contribution in [2.45, 2.75) is 12.8 Å². The Kier molecular flexibility index (Phi) is 7.69. The zero-order valence-electron chi connectivity index (χ0n) is 16.3. The minimum atomic E-state index is -3.65. The zero-order valence-corrected chi connectivity index (χ0v) is 17.2. The van der Waals surface area contributed by atoms with Crippen LogP contribution in [0.1, 0.15) is 12.0 Å². The van der Waals surface area contributed by atoms with Crippen molar-refractivity contribution in [3.05, 3.63) is 54.1 Å². The van der Waals surface area contributed by atoms with Gasteiger partial charge in [-0.25, -0.2) is 8.42 Å². The number of anilines is 1. The van der Waals surface area contributed by atoms with Crippen LogP contribution in [0.15, 0.2) is 48.5 Å². The van der Waals surface area contributed by atoms with E-state index in [9.17, 15) is 13.2 Å². The molecule has 0 spiro atoms. The lowest BCUT2D eigenvalue weighted by Crippen LogP contribution is -2.40. The number of ether oxygens (including phenoxy) is 2. The number of methoxy groups -OCH3 is 2.